The SMILES string of the molecule is CCOC(=O)c1cnn(-c2ccc(C(=O)NCCN(CC)C(C)C)cc2)c1C(F)(F)F. The second kappa shape index (κ2) is 10.4. The molecule has 1 N–H and O–H groups in total. The van der Waals surface area contributed by atoms with Crippen molar-refractivity contribution in [1.29, 1.82) is 0 Å². The lowest BCUT2D eigenvalue weighted by Gasteiger charge is -2.24. The van der Waals surface area contributed by atoms with Gasteiger partial charge in [0.2, 0.25) is 0 Å². The zero-order valence-electron chi connectivity index (χ0n) is 18.0. The van der Waals surface area contributed by atoms with E-state index in [0.717, 1.165) is 12.7 Å². The standard InChI is InChI=1S/C21H27F3N4O3/c1-5-27(14(3)4)12-11-25-19(29)15-7-9-16(10-8-15)28-18(21(22,23)24)17(13-26-28)20(30)31-6-2/h7-10,13-14H,5-6,11-12H2,1-4H3,(H,25,29). The molecule has 0 aliphatic heterocycles. The molecule has 10 heteroatoms. The second-order valence-corrected chi connectivity index (χ2v) is 7.06. The summed E-state index contributed by atoms with van der Waals surface area (Å²) in [5.74, 6) is -1.42. The maximum Gasteiger partial charge on any atom is 0.434 e. The number of benzene rings is 1. The minimum absolute atomic E-state index is 0.0572. The smallest absolute Gasteiger partial charge is 0.434 e. The summed E-state index contributed by atoms with van der Waals surface area (Å²) in [7, 11) is 0. The molecule has 1 heterocycles. The number of ether oxygens (including phenoxy) is 1. The first-order chi connectivity index (χ1) is 14.6. The summed E-state index contributed by atoms with van der Waals surface area (Å²) in [6.07, 6.45) is -3.99. The first kappa shape index (κ1) is 24.4. The molecule has 170 valence electrons. The third-order valence-electron chi connectivity index (χ3n) is 4.73. The Labute approximate surface area is 179 Å². The van der Waals surface area contributed by atoms with Crippen LogP contribution >= 0.6 is 0 Å². The van der Waals surface area contributed by atoms with Crippen LogP contribution in [0.4, 0.5) is 13.2 Å². The van der Waals surface area contributed by atoms with E-state index in [1.807, 2.05) is 6.92 Å². The largest absolute Gasteiger partial charge is 0.462 e. The van der Waals surface area contributed by atoms with Crippen LogP contribution in [0.2, 0.25) is 0 Å². The summed E-state index contributed by atoms with van der Waals surface area (Å²) in [6.45, 7) is 9.63. The fraction of sp³-hybridized carbons (Fsp3) is 0.476. The summed E-state index contributed by atoms with van der Waals surface area (Å²) in [4.78, 5) is 26.4. The third kappa shape index (κ3) is 6.06. The number of nitrogens with zero attached hydrogens (tertiary/aromatic N) is 3. The van der Waals surface area contributed by atoms with Crippen LogP contribution in [0.5, 0.6) is 0 Å². The summed E-state index contributed by atoms with van der Waals surface area (Å²) in [5.41, 5.74) is -1.52. The zero-order valence-corrected chi connectivity index (χ0v) is 18.0. The molecule has 0 atom stereocenters. The van der Waals surface area contributed by atoms with E-state index in [4.69, 9.17) is 4.74 Å². The summed E-state index contributed by atoms with van der Waals surface area (Å²) >= 11 is 0. The first-order valence-electron chi connectivity index (χ1n) is 10.0. The van der Waals surface area contributed by atoms with Crippen molar-refractivity contribution in [3.8, 4) is 5.69 Å². The number of hydrogen-bond donors (Lipinski definition) is 1. The van der Waals surface area contributed by atoms with E-state index in [1.54, 1.807) is 0 Å². The molecular weight excluding hydrogens is 413 g/mol. The molecule has 7 nitrogen and oxygen atoms in total. The number of amides is 1. The quantitative estimate of drug-likeness (QED) is 0.604. The monoisotopic (exact) mass is 440 g/mol. The van der Waals surface area contributed by atoms with Crippen molar-refractivity contribution in [2.45, 2.75) is 39.9 Å². The molecule has 0 radical (unpaired) electrons. The van der Waals surface area contributed by atoms with Gasteiger partial charge in [-0.25, -0.2) is 9.48 Å². The first-order valence-corrected chi connectivity index (χ1v) is 10.0. The number of nitrogens with one attached hydrogen (secondary N) is 1. The highest BCUT2D eigenvalue weighted by atomic mass is 19.4. The highest BCUT2D eigenvalue weighted by molar-refractivity contribution is 5.94. The van der Waals surface area contributed by atoms with Crippen LogP contribution in [0.3, 0.4) is 0 Å². The van der Waals surface area contributed by atoms with Gasteiger partial charge in [0, 0.05) is 24.7 Å². The lowest BCUT2D eigenvalue weighted by molar-refractivity contribution is -0.143. The van der Waals surface area contributed by atoms with Crippen molar-refractivity contribution in [3.05, 3.63) is 47.3 Å². The molecule has 0 bridgehead atoms. The molecular formula is C21H27F3N4O3. The Morgan fingerprint density at radius 2 is 1.84 bits per heavy atom. The third-order valence-corrected chi connectivity index (χ3v) is 4.73. The molecule has 1 amide bonds. The normalized spacial score (nSPS) is 11.8. The van der Waals surface area contributed by atoms with Gasteiger partial charge in [-0.15, -0.1) is 0 Å². The molecule has 0 saturated carbocycles. The predicted molar refractivity (Wildman–Crippen MR) is 109 cm³/mol. The predicted octanol–water partition coefficient (Wildman–Crippen LogP) is 3.53. The van der Waals surface area contributed by atoms with Crippen molar-refractivity contribution in [3.63, 3.8) is 0 Å². The molecule has 0 saturated heterocycles. The number of esters is 1. The number of carbonyl (C=O) groups excluding carboxylic acids is 2. The van der Waals surface area contributed by atoms with E-state index >= 15 is 0 Å². The fourth-order valence-electron chi connectivity index (χ4n) is 3.13. The van der Waals surface area contributed by atoms with Crippen molar-refractivity contribution in [2.75, 3.05) is 26.2 Å². The number of aromatic nitrogens is 2. The molecule has 2 rings (SSSR count). The van der Waals surface area contributed by atoms with E-state index in [9.17, 15) is 22.8 Å². The van der Waals surface area contributed by atoms with E-state index in [1.165, 1.54) is 31.2 Å². The van der Waals surface area contributed by atoms with Gasteiger partial charge < -0.3 is 10.1 Å². The molecule has 1 aromatic carbocycles. The topological polar surface area (TPSA) is 76.5 Å². The molecule has 31 heavy (non-hydrogen) atoms. The van der Waals surface area contributed by atoms with Crippen LogP contribution in [0.15, 0.2) is 30.5 Å². The lowest BCUT2D eigenvalue weighted by Crippen LogP contribution is -2.38. The Bertz CT molecular complexity index is 892. The average Bonchev–Trinajstić information content (AvgIpc) is 3.17. The van der Waals surface area contributed by atoms with E-state index in [0.29, 0.717) is 29.4 Å². The highest BCUT2D eigenvalue weighted by Crippen LogP contribution is 2.34. The zero-order chi connectivity index (χ0) is 23.2. The minimum Gasteiger partial charge on any atom is -0.462 e. The van der Waals surface area contributed by atoms with Gasteiger partial charge in [0.25, 0.3) is 5.91 Å². The van der Waals surface area contributed by atoms with Gasteiger partial charge in [-0.3, -0.25) is 9.69 Å². The number of hydrogen-bond acceptors (Lipinski definition) is 5. The van der Waals surface area contributed by atoms with Crippen LogP contribution in [0.1, 0.15) is 54.1 Å². The van der Waals surface area contributed by atoms with Crippen LogP contribution in [-0.2, 0) is 10.9 Å². The average molecular weight is 440 g/mol. The number of rotatable bonds is 9. The number of carbonyl (C=O) groups is 2. The summed E-state index contributed by atoms with van der Waals surface area (Å²) < 4.78 is 46.1. The summed E-state index contributed by atoms with van der Waals surface area (Å²) in [6, 6.07) is 5.88. The molecule has 0 aliphatic rings. The van der Waals surface area contributed by atoms with Crippen molar-refractivity contribution in [2.24, 2.45) is 0 Å². The second-order valence-electron chi connectivity index (χ2n) is 7.06. The van der Waals surface area contributed by atoms with Crippen molar-refractivity contribution < 1.29 is 27.5 Å². The minimum atomic E-state index is -4.82. The maximum absolute atomic E-state index is 13.6. The molecule has 0 spiro atoms. The van der Waals surface area contributed by atoms with Crippen LogP contribution < -0.4 is 5.32 Å². The maximum atomic E-state index is 13.6. The van der Waals surface area contributed by atoms with Gasteiger partial charge in [-0.1, -0.05) is 6.92 Å². The molecule has 0 fully saturated rings. The number of halogens is 3. The highest BCUT2D eigenvalue weighted by Gasteiger charge is 2.41. The van der Waals surface area contributed by atoms with Gasteiger partial charge >= 0.3 is 12.1 Å². The van der Waals surface area contributed by atoms with Crippen LogP contribution in [0.25, 0.3) is 5.69 Å². The van der Waals surface area contributed by atoms with Crippen LogP contribution in [-0.4, -0.2) is 58.8 Å². The van der Waals surface area contributed by atoms with Gasteiger partial charge in [-0.05, 0) is 51.6 Å². The van der Waals surface area contributed by atoms with Gasteiger partial charge in [0.1, 0.15) is 5.56 Å². The van der Waals surface area contributed by atoms with Crippen molar-refractivity contribution in [1.82, 2.24) is 20.0 Å². The molecule has 0 unspecified atom stereocenters. The Morgan fingerprint density at radius 3 is 2.35 bits per heavy atom. The lowest BCUT2D eigenvalue weighted by atomic mass is 10.2. The number of likely N-dealkylation sites (N-methyl/N-ethyl adjacent to an activating group) is 1. The molecule has 2 aromatic rings. The van der Waals surface area contributed by atoms with E-state index in [2.05, 4.69) is 29.2 Å². The Morgan fingerprint density at radius 1 is 1.19 bits per heavy atom. The Balaban J connectivity index is 2.18. The fourth-order valence-corrected chi connectivity index (χ4v) is 3.13. The number of alkyl halides is 3. The Hall–Kier alpha value is -2.88. The molecule has 0 aliphatic carbocycles. The van der Waals surface area contributed by atoms with Gasteiger partial charge in [0.15, 0.2) is 5.69 Å². The van der Waals surface area contributed by atoms with E-state index < -0.39 is 23.4 Å². The van der Waals surface area contributed by atoms with Gasteiger partial charge in [-0.2, -0.15) is 18.3 Å². The Kier molecular flexibility index (Phi) is 8.21. The van der Waals surface area contributed by atoms with Crippen molar-refractivity contribution >= 4 is 11.9 Å². The molecule has 1 aromatic heterocycles. The van der Waals surface area contributed by atoms with Gasteiger partial charge in [0.05, 0.1) is 18.5 Å². The van der Waals surface area contributed by atoms with E-state index in [-0.39, 0.29) is 18.2 Å². The van der Waals surface area contributed by atoms with Crippen LogP contribution in [0, 0.1) is 0 Å². The summed E-state index contributed by atoms with van der Waals surface area (Å²) in [5, 5.41) is 6.52.